The van der Waals surface area contributed by atoms with E-state index in [2.05, 4.69) is 22.9 Å². The van der Waals surface area contributed by atoms with Crippen LogP contribution in [0.15, 0.2) is 59.8 Å². The lowest BCUT2D eigenvalue weighted by Crippen LogP contribution is -2.01. The van der Waals surface area contributed by atoms with Crippen LogP contribution in [0.3, 0.4) is 0 Å². The fourth-order valence-electron chi connectivity index (χ4n) is 1.72. The second-order valence-corrected chi connectivity index (χ2v) is 5.39. The molecule has 3 nitrogen and oxygen atoms in total. The zero-order valence-corrected chi connectivity index (χ0v) is 12.6. The molecule has 0 spiro atoms. The molecule has 2 N–H and O–H groups in total. The molecule has 0 fully saturated rings. The van der Waals surface area contributed by atoms with Crippen molar-refractivity contribution in [2.45, 2.75) is 23.5 Å². The van der Waals surface area contributed by atoms with Gasteiger partial charge < -0.3 is 5.73 Å². The van der Waals surface area contributed by atoms with Crippen LogP contribution in [0.1, 0.15) is 24.2 Å². The summed E-state index contributed by atoms with van der Waals surface area (Å²) in [6.07, 6.45) is 4.12. The standard InChI is InChI=1S/C15H15NOS.CH5N/c1-12(17)10-15(13-6-5-9-16-11-13)18-14-7-3-2-4-8-14;1-2/h2-9,11,15H,10H2,1H3;2H2,1H3. The number of carbonyl (C=O) groups is 1. The van der Waals surface area contributed by atoms with Crippen LogP contribution in [0.2, 0.25) is 0 Å². The van der Waals surface area contributed by atoms with E-state index in [9.17, 15) is 4.79 Å². The maximum Gasteiger partial charge on any atom is 0.131 e. The summed E-state index contributed by atoms with van der Waals surface area (Å²) in [5, 5.41) is 0.138. The highest BCUT2D eigenvalue weighted by molar-refractivity contribution is 7.99. The minimum atomic E-state index is 0.138. The quantitative estimate of drug-likeness (QED) is 0.856. The van der Waals surface area contributed by atoms with Crippen LogP contribution in [0.5, 0.6) is 0 Å². The summed E-state index contributed by atoms with van der Waals surface area (Å²) in [6, 6.07) is 14.1. The minimum Gasteiger partial charge on any atom is -0.333 e. The molecule has 1 unspecified atom stereocenters. The van der Waals surface area contributed by atoms with Crippen LogP contribution in [0.4, 0.5) is 0 Å². The van der Waals surface area contributed by atoms with Gasteiger partial charge in [-0.1, -0.05) is 24.3 Å². The third-order valence-corrected chi connectivity index (χ3v) is 3.82. The van der Waals surface area contributed by atoms with Gasteiger partial charge in [-0.3, -0.25) is 9.78 Å². The fraction of sp³-hybridized carbons (Fsp3) is 0.250. The average molecular weight is 288 g/mol. The second kappa shape index (κ2) is 9.28. The Morgan fingerprint density at radius 3 is 2.45 bits per heavy atom. The summed E-state index contributed by atoms with van der Waals surface area (Å²) < 4.78 is 0. The molecule has 0 aliphatic carbocycles. The lowest BCUT2D eigenvalue weighted by molar-refractivity contribution is -0.117. The Hall–Kier alpha value is -1.65. The number of ketones is 1. The molecule has 1 aromatic heterocycles. The van der Waals surface area contributed by atoms with Crippen LogP contribution in [0, 0.1) is 0 Å². The van der Waals surface area contributed by atoms with Gasteiger partial charge >= 0.3 is 0 Å². The molecule has 0 bridgehead atoms. The van der Waals surface area contributed by atoms with E-state index in [1.54, 1.807) is 24.9 Å². The van der Waals surface area contributed by atoms with E-state index in [4.69, 9.17) is 0 Å². The molecule has 4 heteroatoms. The largest absolute Gasteiger partial charge is 0.333 e. The Morgan fingerprint density at radius 1 is 1.20 bits per heavy atom. The van der Waals surface area contributed by atoms with Crippen LogP contribution in [-0.4, -0.2) is 17.8 Å². The highest BCUT2D eigenvalue weighted by Crippen LogP contribution is 2.37. The van der Waals surface area contributed by atoms with Gasteiger partial charge in [0, 0.05) is 29.0 Å². The molecular formula is C16H20N2OS. The Morgan fingerprint density at radius 2 is 1.90 bits per heavy atom. The van der Waals surface area contributed by atoms with E-state index >= 15 is 0 Å². The smallest absolute Gasteiger partial charge is 0.131 e. The number of nitrogens with zero attached hydrogens (tertiary/aromatic N) is 1. The van der Waals surface area contributed by atoms with Crippen molar-refractivity contribution >= 4 is 17.5 Å². The van der Waals surface area contributed by atoms with Crippen molar-refractivity contribution in [2.24, 2.45) is 5.73 Å². The number of hydrogen-bond acceptors (Lipinski definition) is 4. The number of carbonyl (C=O) groups excluding carboxylic acids is 1. The van der Waals surface area contributed by atoms with Crippen LogP contribution in [-0.2, 0) is 4.79 Å². The first-order valence-corrected chi connectivity index (χ1v) is 7.32. The summed E-state index contributed by atoms with van der Waals surface area (Å²) in [5.41, 5.74) is 5.60. The molecule has 0 aliphatic rings. The minimum absolute atomic E-state index is 0.138. The topological polar surface area (TPSA) is 56.0 Å². The number of Topliss-reactive ketones (excluding diaryl/α,β-unsaturated/α-hetero) is 1. The summed E-state index contributed by atoms with van der Waals surface area (Å²) in [7, 11) is 1.50. The van der Waals surface area contributed by atoms with Crippen molar-refractivity contribution in [3.05, 3.63) is 60.4 Å². The predicted octanol–water partition coefficient (Wildman–Crippen LogP) is 3.47. The lowest BCUT2D eigenvalue weighted by atomic mass is 10.1. The first-order valence-electron chi connectivity index (χ1n) is 6.44. The Kier molecular flexibility index (Phi) is 7.62. The van der Waals surface area contributed by atoms with Crippen molar-refractivity contribution < 1.29 is 4.79 Å². The van der Waals surface area contributed by atoms with Crippen LogP contribution < -0.4 is 5.73 Å². The van der Waals surface area contributed by atoms with E-state index in [0.717, 1.165) is 5.56 Å². The number of aromatic nitrogens is 1. The summed E-state index contributed by atoms with van der Waals surface area (Å²) in [5.74, 6) is 0.201. The molecule has 0 amide bonds. The maximum atomic E-state index is 11.4. The van der Waals surface area contributed by atoms with Gasteiger partial charge in [-0.2, -0.15) is 0 Å². The number of hydrogen-bond donors (Lipinski definition) is 1. The van der Waals surface area contributed by atoms with Crippen molar-refractivity contribution in [3.8, 4) is 0 Å². The third kappa shape index (κ3) is 5.55. The van der Waals surface area contributed by atoms with Crippen molar-refractivity contribution in [1.29, 1.82) is 0 Å². The van der Waals surface area contributed by atoms with E-state index in [-0.39, 0.29) is 11.0 Å². The zero-order chi connectivity index (χ0) is 14.8. The number of benzene rings is 1. The van der Waals surface area contributed by atoms with Gasteiger partial charge in [0.1, 0.15) is 5.78 Å². The number of rotatable bonds is 5. The second-order valence-electron chi connectivity index (χ2n) is 4.11. The first-order chi connectivity index (χ1) is 9.75. The van der Waals surface area contributed by atoms with E-state index in [1.807, 2.05) is 36.5 Å². The molecule has 2 rings (SSSR count). The SMILES string of the molecule is CC(=O)CC(Sc1ccccc1)c1cccnc1.CN. The molecule has 20 heavy (non-hydrogen) atoms. The summed E-state index contributed by atoms with van der Waals surface area (Å²) in [4.78, 5) is 16.7. The molecule has 0 aliphatic heterocycles. The van der Waals surface area contributed by atoms with Crippen LogP contribution in [0.25, 0.3) is 0 Å². The molecule has 1 heterocycles. The predicted molar refractivity (Wildman–Crippen MR) is 84.7 cm³/mol. The highest BCUT2D eigenvalue weighted by atomic mass is 32.2. The summed E-state index contributed by atoms with van der Waals surface area (Å²) in [6.45, 7) is 1.63. The van der Waals surface area contributed by atoms with E-state index in [1.165, 1.54) is 11.9 Å². The van der Waals surface area contributed by atoms with Gasteiger partial charge in [0.25, 0.3) is 0 Å². The van der Waals surface area contributed by atoms with Gasteiger partial charge in [-0.15, -0.1) is 11.8 Å². The third-order valence-electron chi connectivity index (χ3n) is 2.55. The average Bonchev–Trinajstić information content (AvgIpc) is 2.50. The molecule has 0 saturated carbocycles. The summed E-state index contributed by atoms with van der Waals surface area (Å²) >= 11 is 1.71. The van der Waals surface area contributed by atoms with Crippen molar-refractivity contribution in [1.82, 2.24) is 4.98 Å². The van der Waals surface area contributed by atoms with E-state index in [0.29, 0.717) is 6.42 Å². The highest BCUT2D eigenvalue weighted by Gasteiger charge is 2.15. The van der Waals surface area contributed by atoms with E-state index < -0.39 is 0 Å². The van der Waals surface area contributed by atoms with Crippen molar-refractivity contribution in [3.63, 3.8) is 0 Å². The molecule has 2 aromatic rings. The normalized spacial score (nSPS) is 11.2. The van der Waals surface area contributed by atoms with Gasteiger partial charge in [-0.05, 0) is 37.7 Å². The molecule has 106 valence electrons. The monoisotopic (exact) mass is 288 g/mol. The molecule has 0 saturated heterocycles. The zero-order valence-electron chi connectivity index (χ0n) is 11.8. The van der Waals surface area contributed by atoms with Crippen LogP contribution >= 0.6 is 11.8 Å². The van der Waals surface area contributed by atoms with Crippen molar-refractivity contribution in [2.75, 3.05) is 7.05 Å². The molecule has 1 aromatic carbocycles. The fourth-order valence-corrected chi connectivity index (χ4v) is 2.95. The Bertz CT molecular complexity index is 502. The van der Waals surface area contributed by atoms with Gasteiger partial charge in [0.15, 0.2) is 0 Å². The Balaban J connectivity index is 0.000000956. The molecular weight excluding hydrogens is 268 g/mol. The van der Waals surface area contributed by atoms with Gasteiger partial charge in [0.05, 0.1) is 0 Å². The maximum absolute atomic E-state index is 11.4. The lowest BCUT2D eigenvalue weighted by Gasteiger charge is -2.15. The molecule has 1 atom stereocenters. The number of thioether (sulfide) groups is 1. The number of nitrogens with two attached hydrogens (primary N) is 1. The van der Waals surface area contributed by atoms with Gasteiger partial charge in [-0.25, -0.2) is 0 Å². The number of pyridine rings is 1. The molecule has 0 radical (unpaired) electrons. The first kappa shape index (κ1) is 16.4. The van der Waals surface area contributed by atoms with Gasteiger partial charge in [0.2, 0.25) is 0 Å². The Labute approximate surface area is 124 Å².